The van der Waals surface area contributed by atoms with Gasteiger partial charge in [0.25, 0.3) is 0 Å². The van der Waals surface area contributed by atoms with Gasteiger partial charge >= 0.3 is 0 Å². The predicted molar refractivity (Wildman–Crippen MR) is 171 cm³/mol. The van der Waals surface area contributed by atoms with Crippen LogP contribution in [0.25, 0.3) is 16.9 Å². The molecular weight excluding hydrogens is 559 g/mol. The van der Waals surface area contributed by atoms with Crippen molar-refractivity contribution in [1.29, 1.82) is 0 Å². The van der Waals surface area contributed by atoms with E-state index in [1.165, 1.54) is 6.07 Å². The highest BCUT2D eigenvalue weighted by molar-refractivity contribution is 5.78. The number of amides is 1. The topological polar surface area (TPSA) is 95.5 Å². The molecule has 1 atom stereocenters. The second kappa shape index (κ2) is 13.2. The molecule has 1 unspecified atom stereocenters. The van der Waals surface area contributed by atoms with Crippen molar-refractivity contribution < 1.29 is 13.9 Å². The fourth-order valence-electron chi connectivity index (χ4n) is 6.25. The van der Waals surface area contributed by atoms with Crippen LogP contribution in [0.15, 0.2) is 60.8 Å². The van der Waals surface area contributed by atoms with Crippen molar-refractivity contribution in [2.75, 3.05) is 81.6 Å². The highest BCUT2D eigenvalue weighted by Crippen LogP contribution is 2.36. The second-order valence-electron chi connectivity index (χ2n) is 11.6. The van der Waals surface area contributed by atoms with Gasteiger partial charge in [0.2, 0.25) is 5.91 Å². The smallest absolute Gasteiger partial charge is 0.236 e. The number of hydrogen-bond donors (Lipinski definition) is 1. The number of nitrogens with zero attached hydrogens (tertiary/aromatic N) is 7. The molecule has 0 spiro atoms. The van der Waals surface area contributed by atoms with Gasteiger partial charge in [-0.3, -0.25) is 9.69 Å². The third-order valence-corrected chi connectivity index (χ3v) is 8.72. The predicted octanol–water partition coefficient (Wildman–Crippen LogP) is 4.08. The zero-order chi connectivity index (χ0) is 30.6. The van der Waals surface area contributed by atoms with Crippen LogP contribution in [-0.2, 0) is 9.53 Å². The molecule has 11 heteroatoms. The molecule has 44 heavy (non-hydrogen) atoms. The van der Waals surface area contributed by atoms with Crippen LogP contribution in [0, 0.1) is 5.82 Å². The Bertz CT molecular complexity index is 1600. The Balaban J connectivity index is 1.14. The van der Waals surface area contributed by atoms with E-state index in [9.17, 15) is 9.18 Å². The van der Waals surface area contributed by atoms with E-state index in [2.05, 4.69) is 31.8 Å². The fourth-order valence-corrected chi connectivity index (χ4v) is 6.25. The van der Waals surface area contributed by atoms with Gasteiger partial charge < -0.3 is 25.2 Å². The third-order valence-electron chi connectivity index (χ3n) is 8.72. The number of imidazole rings is 1. The molecule has 2 aliphatic heterocycles. The van der Waals surface area contributed by atoms with Crippen LogP contribution in [0.5, 0.6) is 0 Å². The normalized spacial score (nSPS) is 17.5. The number of fused-ring (bicyclic) bond motifs is 1. The molecule has 0 saturated carbocycles. The second-order valence-corrected chi connectivity index (χ2v) is 11.6. The Labute approximate surface area is 257 Å². The first-order valence-corrected chi connectivity index (χ1v) is 15.5. The van der Waals surface area contributed by atoms with Crippen LogP contribution >= 0.6 is 0 Å². The molecule has 4 aromatic rings. The summed E-state index contributed by atoms with van der Waals surface area (Å²) in [5.41, 5.74) is 11.8. The number of rotatable bonds is 10. The van der Waals surface area contributed by atoms with E-state index in [-0.39, 0.29) is 17.8 Å². The maximum absolute atomic E-state index is 14.0. The van der Waals surface area contributed by atoms with Crippen molar-refractivity contribution in [2.24, 2.45) is 0 Å². The number of anilines is 3. The van der Waals surface area contributed by atoms with E-state index in [4.69, 9.17) is 15.6 Å². The van der Waals surface area contributed by atoms with Crippen molar-refractivity contribution in [3.8, 4) is 11.3 Å². The highest BCUT2D eigenvalue weighted by atomic mass is 19.1. The average Bonchev–Trinajstić information content (AvgIpc) is 3.69. The van der Waals surface area contributed by atoms with Crippen LogP contribution in [-0.4, -0.2) is 96.4 Å². The quantitative estimate of drug-likeness (QED) is 0.215. The number of halogens is 1. The Morgan fingerprint density at radius 1 is 1.09 bits per heavy atom. The van der Waals surface area contributed by atoms with Crippen LogP contribution < -0.4 is 15.5 Å². The van der Waals surface area contributed by atoms with E-state index in [0.717, 1.165) is 79.5 Å². The minimum atomic E-state index is -0.218. The van der Waals surface area contributed by atoms with Crippen molar-refractivity contribution in [2.45, 2.75) is 25.8 Å². The minimum Gasteiger partial charge on any atom is -0.397 e. The largest absolute Gasteiger partial charge is 0.397 e. The summed E-state index contributed by atoms with van der Waals surface area (Å²) in [4.78, 5) is 25.7. The lowest BCUT2D eigenvalue weighted by atomic mass is 10.0. The summed E-state index contributed by atoms with van der Waals surface area (Å²) < 4.78 is 21.2. The summed E-state index contributed by atoms with van der Waals surface area (Å²) in [7, 11) is 1.83. The monoisotopic (exact) mass is 600 g/mol. The molecule has 2 fully saturated rings. The number of aromatic nitrogens is 3. The van der Waals surface area contributed by atoms with Gasteiger partial charge in [-0.2, -0.15) is 0 Å². The Morgan fingerprint density at radius 3 is 2.70 bits per heavy atom. The molecule has 232 valence electrons. The Morgan fingerprint density at radius 2 is 1.93 bits per heavy atom. The molecule has 0 radical (unpaired) electrons. The van der Waals surface area contributed by atoms with Gasteiger partial charge in [-0.15, -0.1) is 5.10 Å². The van der Waals surface area contributed by atoms with Gasteiger partial charge in [0.15, 0.2) is 5.65 Å². The van der Waals surface area contributed by atoms with E-state index >= 15 is 0 Å². The third kappa shape index (κ3) is 6.34. The lowest BCUT2D eigenvalue weighted by Crippen LogP contribution is -2.50. The average molecular weight is 601 g/mol. The van der Waals surface area contributed by atoms with Gasteiger partial charge in [-0.1, -0.05) is 18.2 Å². The minimum absolute atomic E-state index is 0.0810. The molecule has 6 rings (SSSR count). The van der Waals surface area contributed by atoms with E-state index in [0.29, 0.717) is 32.0 Å². The molecule has 2 aliphatic rings. The number of nitrogen functional groups attached to an aromatic ring is 1. The maximum atomic E-state index is 14.0. The zero-order valence-electron chi connectivity index (χ0n) is 25.5. The number of benzene rings is 2. The number of likely N-dealkylation sites (N-methyl/N-ethyl adjacent to an activating group) is 1. The molecule has 0 aliphatic carbocycles. The highest BCUT2D eigenvalue weighted by Gasteiger charge is 2.28. The molecule has 2 aromatic carbocycles. The number of ether oxygens (including phenoxy) is 1. The van der Waals surface area contributed by atoms with Crippen LogP contribution in [0.1, 0.15) is 31.4 Å². The molecular formula is C33H41FN8O2. The van der Waals surface area contributed by atoms with Gasteiger partial charge in [-0.05, 0) is 61.7 Å². The van der Waals surface area contributed by atoms with Crippen molar-refractivity contribution in [3.63, 3.8) is 0 Å². The summed E-state index contributed by atoms with van der Waals surface area (Å²) in [6.45, 7) is 8.21. The number of hydrogen-bond acceptors (Lipinski definition) is 8. The van der Waals surface area contributed by atoms with Gasteiger partial charge in [0.05, 0.1) is 42.5 Å². The standard InChI is InChI=1S/C33H41FN8O2/c1-3-44-19-18-38(2)33(43)23-39-14-16-40(17-15-39)29-10-9-25(21-27(29)35)30-22-36-31-11-12-32(37-42(30)31)41-13-5-8-28(41)24-6-4-7-26(34)20-24/h4,6-7,9-12,20-22,28H,3,5,8,13-19,23,35H2,1-2H3. The summed E-state index contributed by atoms with van der Waals surface area (Å²) in [5.74, 6) is 0.732. The van der Waals surface area contributed by atoms with Crippen LogP contribution in [0.2, 0.25) is 0 Å². The number of carbonyl (C=O) groups excluding carboxylic acids is 1. The van der Waals surface area contributed by atoms with E-state index in [1.807, 2.05) is 48.9 Å². The molecule has 1 amide bonds. The molecule has 10 nitrogen and oxygen atoms in total. The number of piperazine rings is 1. The van der Waals surface area contributed by atoms with Crippen LogP contribution in [0.3, 0.4) is 0 Å². The Hall–Kier alpha value is -4.22. The van der Waals surface area contributed by atoms with Crippen molar-refractivity contribution >= 4 is 28.7 Å². The van der Waals surface area contributed by atoms with Gasteiger partial charge in [-0.25, -0.2) is 13.9 Å². The first-order chi connectivity index (χ1) is 21.4. The van der Waals surface area contributed by atoms with Crippen molar-refractivity contribution in [3.05, 3.63) is 72.2 Å². The van der Waals surface area contributed by atoms with Crippen molar-refractivity contribution in [1.82, 2.24) is 24.4 Å². The van der Waals surface area contributed by atoms with Gasteiger partial charge in [0.1, 0.15) is 11.6 Å². The Kier molecular flexibility index (Phi) is 8.94. The SMILES string of the molecule is CCOCCN(C)C(=O)CN1CCN(c2ccc(-c3cnc4ccc(N5CCCC5c5cccc(F)c5)nn34)cc2N)CC1. The lowest BCUT2D eigenvalue weighted by Gasteiger charge is -2.36. The molecule has 4 heterocycles. The molecule has 2 saturated heterocycles. The molecule has 2 aromatic heterocycles. The summed E-state index contributed by atoms with van der Waals surface area (Å²) in [6.07, 6.45) is 3.80. The first-order valence-electron chi connectivity index (χ1n) is 15.5. The first kappa shape index (κ1) is 29.8. The summed E-state index contributed by atoms with van der Waals surface area (Å²) in [5, 5.41) is 4.99. The summed E-state index contributed by atoms with van der Waals surface area (Å²) >= 11 is 0. The fraction of sp³-hybridized carbons (Fsp3) is 0.424. The molecule has 2 N–H and O–H groups in total. The van der Waals surface area contributed by atoms with E-state index in [1.54, 1.807) is 17.0 Å². The van der Waals surface area contributed by atoms with Gasteiger partial charge in [0, 0.05) is 58.5 Å². The molecule has 0 bridgehead atoms. The number of nitrogens with two attached hydrogens (primary N) is 1. The summed E-state index contributed by atoms with van der Waals surface area (Å²) in [6, 6.07) is 17.0. The maximum Gasteiger partial charge on any atom is 0.236 e. The van der Waals surface area contributed by atoms with Crippen LogP contribution in [0.4, 0.5) is 21.6 Å². The lowest BCUT2D eigenvalue weighted by molar-refractivity contribution is -0.131. The zero-order valence-corrected chi connectivity index (χ0v) is 25.5. The van der Waals surface area contributed by atoms with E-state index < -0.39 is 0 Å². The number of carbonyl (C=O) groups is 1.